The van der Waals surface area contributed by atoms with Crippen LogP contribution in [0, 0.1) is 0 Å². The molecule has 5 heteroatoms. The summed E-state index contributed by atoms with van der Waals surface area (Å²) in [6.45, 7) is 0. The fourth-order valence-corrected chi connectivity index (χ4v) is 4.13. The van der Waals surface area contributed by atoms with Crippen molar-refractivity contribution in [3.8, 4) is 5.75 Å². The molecular weight excluding hydrogens is 352 g/mol. The summed E-state index contributed by atoms with van der Waals surface area (Å²) in [5, 5.41) is 3.37. The summed E-state index contributed by atoms with van der Waals surface area (Å²) in [6, 6.07) is 23.9. The van der Waals surface area contributed by atoms with Crippen LogP contribution in [-0.2, 0) is 10.3 Å². The molecule has 0 saturated carbocycles. The third-order valence-corrected chi connectivity index (χ3v) is 5.49. The smallest absolute Gasteiger partial charge is 0.261 e. The average Bonchev–Trinajstić information content (AvgIpc) is 2.96. The second-order valence-corrected chi connectivity index (χ2v) is 7.04. The lowest BCUT2D eigenvalue weighted by Gasteiger charge is -2.41. The van der Waals surface area contributed by atoms with Crippen molar-refractivity contribution in [3.05, 3.63) is 90.0 Å². The number of ether oxygens (including phenoxy) is 1. The van der Waals surface area contributed by atoms with E-state index in [9.17, 15) is 9.59 Å². The number of rotatable bonds is 2. The standard InChI is InChI=1S/C23H18N2O3/c1-25-18-13-7-5-11-16(18)23(22(25)27)21(20(26)15-9-3-2-4-10-15)28-19-14-8-6-12-17(19)24-23/h2-14,21,24H,1H3/t21-,23+/m1/s1. The lowest BCUT2D eigenvalue weighted by molar-refractivity contribution is -0.124. The first kappa shape index (κ1) is 16.6. The Kier molecular flexibility index (Phi) is 3.52. The van der Waals surface area contributed by atoms with Gasteiger partial charge in [0.2, 0.25) is 5.78 Å². The van der Waals surface area contributed by atoms with Crippen molar-refractivity contribution >= 4 is 23.1 Å². The van der Waals surface area contributed by atoms with Crippen LogP contribution in [0.2, 0.25) is 0 Å². The number of likely N-dealkylation sites (N-methyl/N-ethyl adjacent to an activating group) is 1. The minimum atomic E-state index is -1.31. The van der Waals surface area contributed by atoms with Gasteiger partial charge < -0.3 is 15.0 Å². The van der Waals surface area contributed by atoms with Gasteiger partial charge in [-0.3, -0.25) is 9.59 Å². The number of nitrogens with zero attached hydrogens (tertiary/aromatic N) is 1. The number of amides is 1. The minimum absolute atomic E-state index is 0.211. The van der Waals surface area contributed by atoms with E-state index in [0.29, 0.717) is 17.0 Å². The second kappa shape index (κ2) is 5.96. The van der Waals surface area contributed by atoms with Gasteiger partial charge in [0.05, 0.1) is 5.69 Å². The molecule has 138 valence electrons. The first-order valence-corrected chi connectivity index (χ1v) is 9.14. The van der Waals surface area contributed by atoms with Crippen LogP contribution in [0.25, 0.3) is 0 Å². The highest BCUT2D eigenvalue weighted by molar-refractivity contribution is 6.15. The molecule has 1 N–H and O–H groups in total. The van der Waals surface area contributed by atoms with Gasteiger partial charge in [0.1, 0.15) is 5.75 Å². The molecule has 2 atom stereocenters. The van der Waals surface area contributed by atoms with Crippen molar-refractivity contribution < 1.29 is 14.3 Å². The zero-order chi connectivity index (χ0) is 19.3. The van der Waals surface area contributed by atoms with E-state index in [-0.39, 0.29) is 11.7 Å². The first-order chi connectivity index (χ1) is 13.6. The summed E-state index contributed by atoms with van der Waals surface area (Å²) in [5.74, 6) is 0.112. The monoisotopic (exact) mass is 370 g/mol. The maximum Gasteiger partial charge on any atom is 0.261 e. The fraction of sp³-hybridized carbons (Fsp3) is 0.130. The van der Waals surface area contributed by atoms with E-state index in [4.69, 9.17) is 4.74 Å². The maximum atomic E-state index is 13.5. The van der Waals surface area contributed by atoms with E-state index in [1.165, 1.54) is 0 Å². The van der Waals surface area contributed by atoms with Crippen molar-refractivity contribution in [2.75, 3.05) is 17.3 Å². The Labute approximate surface area is 162 Å². The molecule has 3 aromatic rings. The summed E-state index contributed by atoms with van der Waals surface area (Å²) in [5.41, 5.74) is 1.40. The van der Waals surface area contributed by atoms with Gasteiger partial charge >= 0.3 is 0 Å². The number of ketones is 1. The lowest BCUT2D eigenvalue weighted by Crippen LogP contribution is -2.60. The van der Waals surface area contributed by atoms with Gasteiger partial charge in [-0.1, -0.05) is 60.7 Å². The number of carbonyl (C=O) groups is 2. The largest absolute Gasteiger partial charge is 0.477 e. The van der Waals surface area contributed by atoms with Gasteiger partial charge in [-0.2, -0.15) is 0 Å². The van der Waals surface area contributed by atoms with Crippen molar-refractivity contribution in [2.24, 2.45) is 0 Å². The molecule has 0 radical (unpaired) electrons. The molecule has 0 unspecified atom stereocenters. The molecule has 5 rings (SSSR count). The summed E-state index contributed by atoms with van der Waals surface area (Å²) in [6.07, 6.45) is -1.02. The van der Waals surface area contributed by atoms with E-state index >= 15 is 0 Å². The number of carbonyl (C=O) groups excluding carboxylic acids is 2. The topological polar surface area (TPSA) is 58.6 Å². The van der Waals surface area contributed by atoms with Crippen LogP contribution < -0.4 is 15.0 Å². The number of hydrogen-bond donors (Lipinski definition) is 1. The Morgan fingerprint density at radius 2 is 1.64 bits per heavy atom. The molecule has 1 spiro atoms. The van der Waals surface area contributed by atoms with Crippen LogP contribution >= 0.6 is 0 Å². The van der Waals surface area contributed by atoms with Crippen LogP contribution in [0.15, 0.2) is 78.9 Å². The van der Waals surface area contributed by atoms with Crippen LogP contribution in [0.5, 0.6) is 5.75 Å². The van der Waals surface area contributed by atoms with E-state index in [1.807, 2.05) is 48.5 Å². The van der Waals surface area contributed by atoms with Crippen LogP contribution in [-0.4, -0.2) is 24.8 Å². The predicted octanol–water partition coefficient (Wildman–Crippen LogP) is 3.61. The van der Waals surface area contributed by atoms with Crippen LogP contribution in [0.4, 0.5) is 11.4 Å². The Hall–Kier alpha value is -3.60. The van der Waals surface area contributed by atoms with E-state index < -0.39 is 11.6 Å². The Balaban J connectivity index is 1.74. The van der Waals surface area contributed by atoms with Crippen molar-refractivity contribution in [1.82, 2.24) is 0 Å². The molecule has 28 heavy (non-hydrogen) atoms. The van der Waals surface area contributed by atoms with Gasteiger partial charge in [0.25, 0.3) is 5.91 Å². The normalized spacial score (nSPS) is 22.2. The highest BCUT2D eigenvalue weighted by Crippen LogP contribution is 2.49. The molecule has 1 amide bonds. The lowest BCUT2D eigenvalue weighted by atomic mass is 9.80. The fourth-order valence-electron chi connectivity index (χ4n) is 4.13. The molecule has 5 nitrogen and oxygen atoms in total. The van der Waals surface area contributed by atoms with Crippen molar-refractivity contribution in [2.45, 2.75) is 11.6 Å². The number of fused-ring (bicyclic) bond motifs is 3. The molecule has 0 bridgehead atoms. The SMILES string of the molecule is CN1C(=O)[C@]2(Nc3ccccc3O[C@@H]2C(=O)c2ccccc2)c2ccccc21. The number of anilines is 2. The Morgan fingerprint density at radius 1 is 0.964 bits per heavy atom. The van der Waals surface area contributed by atoms with Gasteiger partial charge in [-0.05, 0) is 18.2 Å². The third-order valence-electron chi connectivity index (χ3n) is 5.49. The van der Waals surface area contributed by atoms with Gasteiger partial charge in [-0.25, -0.2) is 0 Å². The zero-order valence-corrected chi connectivity index (χ0v) is 15.3. The molecule has 0 fully saturated rings. The molecule has 0 aromatic heterocycles. The molecule has 0 saturated heterocycles. The summed E-state index contributed by atoms with van der Waals surface area (Å²) in [7, 11) is 1.72. The van der Waals surface area contributed by atoms with Gasteiger partial charge in [0.15, 0.2) is 11.6 Å². The van der Waals surface area contributed by atoms with Gasteiger partial charge in [-0.15, -0.1) is 0 Å². The summed E-state index contributed by atoms with van der Waals surface area (Å²) < 4.78 is 6.20. The van der Waals surface area contributed by atoms with Gasteiger partial charge in [0, 0.05) is 23.9 Å². The molecule has 2 aliphatic heterocycles. The number of Topliss-reactive ketones (excluding diaryl/α,β-unsaturated/α-hetero) is 1. The van der Waals surface area contributed by atoms with E-state index in [0.717, 1.165) is 11.3 Å². The number of nitrogens with one attached hydrogen (secondary N) is 1. The Morgan fingerprint density at radius 3 is 2.46 bits per heavy atom. The van der Waals surface area contributed by atoms with Crippen molar-refractivity contribution in [1.29, 1.82) is 0 Å². The minimum Gasteiger partial charge on any atom is -0.477 e. The quantitative estimate of drug-likeness (QED) is 0.700. The summed E-state index contributed by atoms with van der Waals surface area (Å²) in [4.78, 5) is 28.6. The first-order valence-electron chi connectivity index (χ1n) is 9.14. The number of hydrogen-bond acceptors (Lipinski definition) is 4. The average molecular weight is 370 g/mol. The predicted molar refractivity (Wildman–Crippen MR) is 107 cm³/mol. The molecule has 2 heterocycles. The zero-order valence-electron chi connectivity index (χ0n) is 15.3. The van der Waals surface area contributed by atoms with E-state index in [1.54, 1.807) is 42.3 Å². The third kappa shape index (κ3) is 2.13. The number of benzene rings is 3. The van der Waals surface area contributed by atoms with E-state index in [2.05, 4.69) is 5.32 Å². The number of para-hydroxylation sites is 3. The second-order valence-electron chi connectivity index (χ2n) is 7.04. The molecular formula is C23H18N2O3. The molecule has 2 aliphatic rings. The highest BCUT2D eigenvalue weighted by atomic mass is 16.5. The maximum absolute atomic E-state index is 13.5. The summed E-state index contributed by atoms with van der Waals surface area (Å²) >= 11 is 0. The highest BCUT2D eigenvalue weighted by Gasteiger charge is 2.60. The van der Waals surface area contributed by atoms with Crippen molar-refractivity contribution in [3.63, 3.8) is 0 Å². The molecule has 0 aliphatic carbocycles. The molecule has 3 aromatic carbocycles. The van der Waals surface area contributed by atoms with Crippen LogP contribution in [0.1, 0.15) is 15.9 Å². The van der Waals surface area contributed by atoms with Crippen LogP contribution in [0.3, 0.4) is 0 Å². The Bertz CT molecular complexity index is 1100.